The molecule has 1 heterocycles. The standard InChI is InChI=1S/C15H27N3O/c1-11(2)10-19-8-7-18-13(4)15(12(3)17-18)9-16-14-5-6-14/h11,14,16H,5-10H2,1-4H3. The van der Waals surface area contributed by atoms with Crippen molar-refractivity contribution >= 4 is 0 Å². The Labute approximate surface area is 116 Å². The van der Waals surface area contributed by atoms with Crippen molar-refractivity contribution < 1.29 is 4.74 Å². The highest BCUT2D eigenvalue weighted by Gasteiger charge is 2.21. The number of rotatable bonds is 8. The minimum absolute atomic E-state index is 0.596. The molecular weight excluding hydrogens is 238 g/mol. The van der Waals surface area contributed by atoms with Crippen molar-refractivity contribution in [3.63, 3.8) is 0 Å². The molecule has 1 N–H and O–H groups in total. The average molecular weight is 265 g/mol. The van der Waals surface area contributed by atoms with E-state index >= 15 is 0 Å². The van der Waals surface area contributed by atoms with Crippen LogP contribution in [0.3, 0.4) is 0 Å². The fourth-order valence-electron chi connectivity index (χ4n) is 2.21. The highest BCUT2D eigenvalue weighted by Crippen LogP contribution is 2.21. The predicted molar refractivity (Wildman–Crippen MR) is 77.2 cm³/mol. The van der Waals surface area contributed by atoms with Gasteiger partial charge in [-0.2, -0.15) is 5.10 Å². The normalized spacial score (nSPS) is 15.4. The van der Waals surface area contributed by atoms with Gasteiger partial charge in [0.25, 0.3) is 0 Å². The summed E-state index contributed by atoms with van der Waals surface area (Å²) in [7, 11) is 0. The van der Waals surface area contributed by atoms with Crippen LogP contribution in [0, 0.1) is 19.8 Å². The van der Waals surface area contributed by atoms with Crippen molar-refractivity contribution in [3.05, 3.63) is 17.0 Å². The Morgan fingerprint density at radius 2 is 2.11 bits per heavy atom. The summed E-state index contributed by atoms with van der Waals surface area (Å²) in [6.45, 7) is 12.0. The third-order valence-electron chi connectivity index (χ3n) is 3.57. The first-order valence-corrected chi connectivity index (χ1v) is 7.42. The van der Waals surface area contributed by atoms with E-state index in [4.69, 9.17) is 4.74 Å². The van der Waals surface area contributed by atoms with Crippen molar-refractivity contribution in [2.45, 2.75) is 59.7 Å². The number of hydrogen-bond acceptors (Lipinski definition) is 3. The van der Waals surface area contributed by atoms with Crippen LogP contribution < -0.4 is 5.32 Å². The van der Waals surface area contributed by atoms with Crippen LogP contribution in [0.15, 0.2) is 0 Å². The molecule has 1 aromatic heterocycles. The highest BCUT2D eigenvalue weighted by molar-refractivity contribution is 5.24. The summed E-state index contributed by atoms with van der Waals surface area (Å²) in [6, 6.07) is 0.747. The highest BCUT2D eigenvalue weighted by atomic mass is 16.5. The first-order valence-electron chi connectivity index (χ1n) is 7.42. The van der Waals surface area contributed by atoms with Gasteiger partial charge < -0.3 is 10.1 Å². The van der Waals surface area contributed by atoms with Crippen LogP contribution in [0.25, 0.3) is 0 Å². The lowest BCUT2D eigenvalue weighted by molar-refractivity contribution is 0.100. The molecule has 0 radical (unpaired) electrons. The van der Waals surface area contributed by atoms with Crippen LogP contribution >= 0.6 is 0 Å². The van der Waals surface area contributed by atoms with Gasteiger partial charge >= 0.3 is 0 Å². The minimum atomic E-state index is 0.596. The lowest BCUT2D eigenvalue weighted by Gasteiger charge is -2.08. The molecule has 4 heteroatoms. The monoisotopic (exact) mass is 265 g/mol. The Hall–Kier alpha value is -0.870. The first-order chi connectivity index (χ1) is 9.08. The maximum absolute atomic E-state index is 5.63. The summed E-state index contributed by atoms with van der Waals surface area (Å²) < 4.78 is 7.72. The molecule has 1 aromatic rings. The summed E-state index contributed by atoms with van der Waals surface area (Å²) in [5.74, 6) is 0.596. The van der Waals surface area contributed by atoms with Crippen molar-refractivity contribution in [1.82, 2.24) is 15.1 Å². The molecule has 1 aliphatic carbocycles. The molecule has 0 aliphatic heterocycles. The molecule has 1 fully saturated rings. The summed E-state index contributed by atoms with van der Waals surface area (Å²) in [6.07, 6.45) is 2.66. The Morgan fingerprint density at radius 1 is 1.37 bits per heavy atom. The second kappa shape index (κ2) is 6.53. The van der Waals surface area contributed by atoms with E-state index in [1.165, 1.54) is 24.1 Å². The lowest BCUT2D eigenvalue weighted by Crippen LogP contribution is -2.16. The molecule has 0 atom stereocenters. The fourth-order valence-corrected chi connectivity index (χ4v) is 2.21. The van der Waals surface area contributed by atoms with E-state index < -0.39 is 0 Å². The maximum Gasteiger partial charge on any atom is 0.0662 e. The Bertz CT molecular complexity index is 408. The molecule has 0 saturated heterocycles. The second-order valence-corrected chi connectivity index (χ2v) is 6.00. The van der Waals surface area contributed by atoms with Gasteiger partial charge in [0.2, 0.25) is 0 Å². The smallest absolute Gasteiger partial charge is 0.0662 e. The van der Waals surface area contributed by atoms with Crippen LogP contribution in [-0.2, 0) is 17.8 Å². The van der Waals surface area contributed by atoms with Gasteiger partial charge in [0.05, 0.1) is 18.8 Å². The van der Waals surface area contributed by atoms with Gasteiger partial charge in [-0.15, -0.1) is 0 Å². The largest absolute Gasteiger partial charge is 0.379 e. The zero-order chi connectivity index (χ0) is 13.8. The van der Waals surface area contributed by atoms with Crippen LogP contribution in [0.2, 0.25) is 0 Å². The molecule has 0 aromatic carbocycles. The van der Waals surface area contributed by atoms with Gasteiger partial charge in [0.15, 0.2) is 0 Å². The maximum atomic E-state index is 5.63. The molecule has 19 heavy (non-hydrogen) atoms. The van der Waals surface area contributed by atoms with Crippen LogP contribution in [-0.4, -0.2) is 29.0 Å². The van der Waals surface area contributed by atoms with Crippen molar-refractivity contribution in [2.24, 2.45) is 5.92 Å². The van der Waals surface area contributed by atoms with E-state index in [2.05, 4.69) is 42.8 Å². The van der Waals surface area contributed by atoms with E-state index in [1.807, 2.05) is 0 Å². The van der Waals surface area contributed by atoms with Crippen molar-refractivity contribution in [1.29, 1.82) is 0 Å². The second-order valence-electron chi connectivity index (χ2n) is 6.00. The summed E-state index contributed by atoms with van der Waals surface area (Å²) in [5.41, 5.74) is 3.78. The molecule has 0 bridgehead atoms. The molecule has 108 valence electrons. The number of hydrogen-bond donors (Lipinski definition) is 1. The summed E-state index contributed by atoms with van der Waals surface area (Å²) in [5, 5.41) is 8.19. The molecule has 2 rings (SSSR count). The topological polar surface area (TPSA) is 39.1 Å². The Morgan fingerprint density at radius 3 is 2.74 bits per heavy atom. The fraction of sp³-hybridized carbons (Fsp3) is 0.800. The zero-order valence-electron chi connectivity index (χ0n) is 12.7. The molecule has 1 aliphatic rings. The molecule has 4 nitrogen and oxygen atoms in total. The van der Waals surface area contributed by atoms with Gasteiger partial charge in [0, 0.05) is 30.5 Å². The van der Waals surface area contributed by atoms with E-state index in [-0.39, 0.29) is 0 Å². The molecule has 0 spiro atoms. The number of aromatic nitrogens is 2. The minimum Gasteiger partial charge on any atom is -0.379 e. The van der Waals surface area contributed by atoms with Gasteiger partial charge in [-0.05, 0) is 32.6 Å². The average Bonchev–Trinajstić information content (AvgIpc) is 3.12. The predicted octanol–water partition coefficient (Wildman–Crippen LogP) is 2.42. The Balaban J connectivity index is 1.84. The third-order valence-corrected chi connectivity index (χ3v) is 3.57. The summed E-state index contributed by atoms with van der Waals surface area (Å²) >= 11 is 0. The Kier molecular flexibility index (Phi) is 4.99. The molecule has 1 saturated carbocycles. The number of ether oxygens (including phenoxy) is 1. The number of nitrogens with zero attached hydrogens (tertiary/aromatic N) is 2. The van der Waals surface area contributed by atoms with Gasteiger partial charge in [-0.3, -0.25) is 4.68 Å². The first kappa shape index (κ1) is 14.5. The third kappa shape index (κ3) is 4.32. The lowest BCUT2D eigenvalue weighted by atomic mass is 10.2. The van der Waals surface area contributed by atoms with Crippen LogP contribution in [0.4, 0.5) is 0 Å². The van der Waals surface area contributed by atoms with Crippen LogP contribution in [0.5, 0.6) is 0 Å². The van der Waals surface area contributed by atoms with Gasteiger partial charge in [-0.1, -0.05) is 13.8 Å². The van der Waals surface area contributed by atoms with Gasteiger partial charge in [-0.25, -0.2) is 0 Å². The van der Waals surface area contributed by atoms with Gasteiger partial charge in [0.1, 0.15) is 0 Å². The molecule has 0 unspecified atom stereocenters. The molecule has 0 amide bonds. The molecular formula is C15H27N3O. The van der Waals surface area contributed by atoms with E-state index in [1.54, 1.807) is 0 Å². The van der Waals surface area contributed by atoms with Crippen molar-refractivity contribution in [3.8, 4) is 0 Å². The van der Waals surface area contributed by atoms with Crippen LogP contribution in [0.1, 0.15) is 43.6 Å². The van der Waals surface area contributed by atoms with E-state index in [9.17, 15) is 0 Å². The number of nitrogens with one attached hydrogen (secondary N) is 1. The quantitative estimate of drug-likeness (QED) is 0.734. The van der Waals surface area contributed by atoms with Crippen molar-refractivity contribution in [2.75, 3.05) is 13.2 Å². The number of aryl methyl sites for hydroxylation is 1. The van der Waals surface area contributed by atoms with E-state index in [0.29, 0.717) is 5.92 Å². The zero-order valence-corrected chi connectivity index (χ0v) is 12.7. The SMILES string of the molecule is Cc1nn(CCOCC(C)C)c(C)c1CNC1CC1. The summed E-state index contributed by atoms with van der Waals surface area (Å²) in [4.78, 5) is 0. The van der Waals surface area contributed by atoms with E-state index in [0.717, 1.165) is 38.0 Å².